The Morgan fingerprint density at radius 1 is 1.23 bits per heavy atom. The molecule has 0 fully saturated rings. The minimum atomic E-state index is -0.634. The molecule has 4 aromatic heterocycles. The van der Waals surface area contributed by atoms with Gasteiger partial charge >= 0.3 is 0 Å². The number of carbonyl (C=O) groups excluding carboxylic acids is 1. The van der Waals surface area contributed by atoms with Gasteiger partial charge in [0.1, 0.15) is 28.5 Å². The Balaban J connectivity index is 1.90. The molecule has 1 amide bonds. The second-order valence-electron chi connectivity index (χ2n) is 7.16. The molecule has 10 heteroatoms. The Morgan fingerprint density at radius 3 is 2.73 bits per heavy atom. The van der Waals surface area contributed by atoms with Gasteiger partial charge in [0, 0.05) is 19.0 Å². The zero-order valence-electron chi connectivity index (χ0n) is 17.2. The average Bonchev–Trinajstić information content (AvgIpc) is 3.42. The lowest BCUT2D eigenvalue weighted by Crippen LogP contribution is -2.14. The van der Waals surface area contributed by atoms with Gasteiger partial charge in [-0.15, -0.1) is 0 Å². The Hall–Kier alpha value is -3.53. The molecule has 0 aliphatic rings. The first-order chi connectivity index (χ1) is 14.4. The number of amides is 1. The number of hydrogen-bond acceptors (Lipinski definition) is 7. The van der Waals surface area contributed by atoms with Crippen LogP contribution >= 0.6 is 0 Å². The molecule has 4 N–H and O–H groups in total. The summed E-state index contributed by atoms with van der Waals surface area (Å²) >= 11 is 0. The maximum atomic E-state index is 11.8. The van der Waals surface area contributed by atoms with Gasteiger partial charge in [-0.2, -0.15) is 10.2 Å². The van der Waals surface area contributed by atoms with Gasteiger partial charge < -0.3 is 15.9 Å². The number of fused-ring (bicyclic) bond motifs is 1. The number of hydrogen-bond donors (Lipinski definition) is 2. The predicted octanol–water partition coefficient (Wildman–Crippen LogP) is 2.15. The van der Waals surface area contributed by atoms with E-state index in [2.05, 4.69) is 22.1 Å². The molecule has 0 spiro atoms. The largest absolute Gasteiger partial charge is 0.438 e. The first kappa shape index (κ1) is 19.8. The molecular weight excluding hydrogens is 384 g/mol. The van der Waals surface area contributed by atoms with E-state index in [1.165, 1.54) is 0 Å². The number of aromatic nitrogens is 6. The van der Waals surface area contributed by atoms with Crippen LogP contribution in [-0.2, 0) is 20.1 Å². The summed E-state index contributed by atoms with van der Waals surface area (Å²) in [6.07, 6.45) is 3.71. The van der Waals surface area contributed by atoms with E-state index in [0.717, 1.165) is 36.2 Å². The molecule has 0 aliphatic carbocycles. The summed E-state index contributed by atoms with van der Waals surface area (Å²) in [5, 5.41) is 9.55. The van der Waals surface area contributed by atoms with E-state index in [-0.39, 0.29) is 12.2 Å². The van der Waals surface area contributed by atoms with Crippen molar-refractivity contribution >= 4 is 16.8 Å². The molecule has 0 radical (unpaired) electrons. The third-order valence-corrected chi connectivity index (χ3v) is 4.95. The average molecular weight is 408 g/mol. The molecule has 0 saturated carbocycles. The van der Waals surface area contributed by atoms with Crippen LogP contribution in [0.4, 0.5) is 0 Å². The van der Waals surface area contributed by atoms with Crippen molar-refractivity contribution in [3.8, 4) is 23.0 Å². The van der Waals surface area contributed by atoms with Crippen LogP contribution in [0.1, 0.15) is 41.7 Å². The molecule has 4 heterocycles. The normalized spacial score (nSPS) is 11.5. The lowest BCUT2D eigenvalue weighted by atomic mass is 10.1. The van der Waals surface area contributed by atoms with Crippen molar-refractivity contribution in [2.24, 2.45) is 18.5 Å². The Morgan fingerprint density at radius 2 is 2.03 bits per heavy atom. The Kier molecular flexibility index (Phi) is 5.08. The molecule has 0 aromatic carbocycles. The van der Waals surface area contributed by atoms with Gasteiger partial charge in [-0.3, -0.25) is 14.2 Å². The van der Waals surface area contributed by atoms with Crippen molar-refractivity contribution in [2.45, 2.75) is 39.8 Å². The minimum absolute atomic E-state index is 0.120. The SMILES string of the molecule is CCCCn1nc(C)cc1-c1nc(-c2nc(C(N)=O)cc3c2cnn3C)c(CN)o1. The Bertz CT molecular complexity index is 1230. The lowest BCUT2D eigenvalue weighted by molar-refractivity contribution is 0.0996. The van der Waals surface area contributed by atoms with Crippen molar-refractivity contribution in [3.63, 3.8) is 0 Å². The van der Waals surface area contributed by atoms with Crippen molar-refractivity contribution in [2.75, 3.05) is 0 Å². The number of rotatable bonds is 7. The molecule has 0 saturated heterocycles. The molecule has 30 heavy (non-hydrogen) atoms. The van der Waals surface area contributed by atoms with Gasteiger partial charge in [0.05, 0.1) is 24.0 Å². The van der Waals surface area contributed by atoms with Crippen molar-refractivity contribution in [1.82, 2.24) is 29.5 Å². The molecule has 0 unspecified atom stereocenters. The van der Waals surface area contributed by atoms with E-state index in [4.69, 9.17) is 20.9 Å². The number of unbranched alkanes of at least 4 members (excludes halogenated alkanes) is 1. The zero-order valence-corrected chi connectivity index (χ0v) is 17.2. The van der Waals surface area contributed by atoms with Gasteiger partial charge in [0.15, 0.2) is 0 Å². The fourth-order valence-corrected chi connectivity index (χ4v) is 3.43. The number of carbonyl (C=O) groups is 1. The molecule has 10 nitrogen and oxygen atoms in total. The number of aryl methyl sites for hydroxylation is 3. The topological polar surface area (TPSA) is 144 Å². The first-order valence-corrected chi connectivity index (χ1v) is 9.80. The summed E-state index contributed by atoms with van der Waals surface area (Å²) in [4.78, 5) is 21.0. The number of nitrogens with zero attached hydrogens (tertiary/aromatic N) is 6. The van der Waals surface area contributed by atoms with E-state index < -0.39 is 5.91 Å². The fraction of sp³-hybridized carbons (Fsp3) is 0.350. The second-order valence-corrected chi connectivity index (χ2v) is 7.16. The monoisotopic (exact) mass is 408 g/mol. The summed E-state index contributed by atoms with van der Waals surface area (Å²) in [7, 11) is 1.78. The fourth-order valence-electron chi connectivity index (χ4n) is 3.43. The van der Waals surface area contributed by atoms with E-state index in [9.17, 15) is 4.79 Å². The number of primary amides is 1. The van der Waals surface area contributed by atoms with Crippen LogP contribution in [0.15, 0.2) is 22.7 Å². The highest BCUT2D eigenvalue weighted by molar-refractivity contribution is 5.99. The standard InChI is InChI=1S/C20H24N8O2/c1-4-5-6-28-15(7-11(2)26-28)20-25-18(16(9-21)30-20)17-12-10-23-27(3)14(12)8-13(24-17)19(22)29/h7-8,10H,4-6,9,21H2,1-3H3,(H2,22,29). The lowest BCUT2D eigenvalue weighted by Gasteiger charge is -2.04. The smallest absolute Gasteiger partial charge is 0.267 e. The van der Waals surface area contributed by atoms with Crippen molar-refractivity contribution < 1.29 is 9.21 Å². The van der Waals surface area contributed by atoms with Gasteiger partial charge in [-0.25, -0.2) is 9.97 Å². The molecule has 4 aromatic rings. The van der Waals surface area contributed by atoms with Crippen LogP contribution in [-0.4, -0.2) is 35.4 Å². The van der Waals surface area contributed by atoms with E-state index in [1.807, 2.05) is 17.7 Å². The summed E-state index contributed by atoms with van der Waals surface area (Å²) < 4.78 is 9.56. The van der Waals surface area contributed by atoms with E-state index >= 15 is 0 Å². The highest BCUT2D eigenvalue weighted by Crippen LogP contribution is 2.33. The van der Waals surface area contributed by atoms with E-state index in [1.54, 1.807) is 24.0 Å². The molecule has 0 bridgehead atoms. The summed E-state index contributed by atoms with van der Waals surface area (Å²) in [6, 6.07) is 3.54. The van der Waals surface area contributed by atoms with Gasteiger partial charge in [-0.1, -0.05) is 13.3 Å². The van der Waals surface area contributed by atoms with E-state index in [0.29, 0.717) is 28.6 Å². The molecule has 0 aliphatic heterocycles. The number of oxazole rings is 1. The van der Waals surface area contributed by atoms with Crippen LogP contribution < -0.4 is 11.5 Å². The Labute approximate surface area is 172 Å². The maximum Gasteiger partial charge on any atom is 0.267 e. The summed E-state index contributed by atoms with van der Waals surface area (Å²) in [5.41, 5.74) is 14.9. The third-order valence-electron chi connectivity index (χ3n) is 4.95. The van der Waals surface area contributed by atoms with Gasteiger partial charge in [-0.05, 0) is 25.5 Å². The zero-order chi connectivity index (χ0) is 21.4. The van der Waals surface area contributed by atoms with Crippen LogP contribution in [0.25, 0.3) is 33.9 Å². The first-order valence-electron chi connectivity index (χ1n) is 9.80. The number of pyridine rings is 1. The second kappa shape index (κ2) is 7.71. The highest BCUT2D eigenvalue weighted by Gasteiger charge is 2.23. The summed E-state index contributed by atoms with van der Waals surface area (Å²) in [5.74, 6) is 0.237. The molecule has 156 valence electrons. The highest BCUT2D eigenvalue weighted by atomic mass is 16.4. The maximum absolute atomic E-state index is 11.8. The van der Waals surface area contributed by atoms with Crippen LogP contribution in [0.2, 0.25) is 0 Å². The van der Waals surface area contributed by atoms with Gasteiger partial charge in [0.2, 0.25) is 5.89 Å². The summed E-state index contributed by atoms with van der Waals surface area (Å²) in [6.45, 7) is 4.94. The van der Waals surface area contributed by atoms with Crippen LogP contribution in [0, 0.1) is 6.92 Å². The third kappa shape index (κ3) is 3.35. The minimum Gasteiger partial charge on any atom is -0.438 e. The molecule has 4 rings (SSSR count). The van der Waals surface area contributed by atoms with Crippen molar-refractivity contribution in [3.05, 3.63) is 35.5 Å². The number of nitrogens with two attached hydrogens (primary N) is 2. The quantitative estimate of drug-likeness (QED) is 0.477. The van der Waals surface area contributed by atoms with Crippen molar-refractivity contribution in [1.29, 1.82) is 0 Å². The van der Waals surface area contributed by atoms with Gasteiger partial charge in [0.25, 0.3) is 5.91 Å². The molecular formula is C20H24N8O2. The van der Waals surface area contributed by atoms with Crippen LogP contribution in [0.3, 0.4) is 0 Å². The predicted molar refractivity (Wildman–Crippen MR) is 111 cm³/mol. The molecule has 0 atom stereocenters. The van der Waals surface area contributed by atoms with Crippen LogP contribution in [0.5, 0.6) is 0 Å².